The number of hydrogen-bond acceptors (Lipinski definition) is 9. The Kier molecular flexibility index (Phi) is 11.4. The number of nitrogens with zero attached hydrogens (tertiary/aromatic N) is 1. The monoisotopic (exact) mass is 542 g/mol. The maximum absolute atomic E-state index is 12.8. The molecule has 0 unspecified atom stereocenters. The number of methoxy groups -OCH3 is 2. The van der Waals surface area contributed by atoms with Crippen molar-refractivity contribution < 1.29 is 37.9 Å². The van der Waals surface area contributed by atoms with Gasteiger partial charge in [-0.15, -0.1) is 0 Å². The van der Waals surface area contributed by atoms with Crippen molar-refractivity contribution in [1.82, 2.24) is 0 Å². The van der Waals surface area contributed by atoms with Gasteiger partial charge in [-0.3, -0.25) is 4.79 Å². The molecule has 0 aromatic carbocycles. The average molecular weight is 543 g/mol. The van der Waals surface area contributed by atoms with Gasteiger partial charge in [0.15, 0.2) is 8.32 Å². The number of oxime groups is 1. The minimum atomic E-state index is -1.89. The van der Waals surface area contributed by atoms with E-state index in [0.717, 1.165) is 33.1 Å². The Morgan fingerprint density at radius 3 is 2.05 bits per heavy atom. The van der Waals surface area contributed by atoms with Crippen LogP contribution in [0.15, 0.2) is 17.0 Å². The van der Waals surface area contributed by atoms with Crippen molar-refractivity contribution in [2.75, 3.05) is 20.8 Å². The number of carbonyl (C=O) groups is 3. The summed E-state index contributed by atoms with van der Waals surface area (Å²) < 4.78 is 21.2. The Morgan fingerprint density at radius 2 is 1.59 bits per heavy atom. The molecule has 2 N–H and O–H groups in total. The fourth-order valence-corrected chi connectivity index (χ4v) is 4.79. The molecule has 0 spiro atoms. The minimum absolute atomic E-state index is 0.00699. The van der Waals surface area contributed by atoms with E-state index in [-0.39, 0.29) is 17.3 Å². The second-order valence-corrected chi connectivity index (χ2v) is 17.0. The molecule has 11 heteroatoms. The highest BCUT2D eigenvalue weighted by Gasteiger charge is 2.44. The lowest BCUT2D eigenvalue weighted by molar-refractivity contribution is -0.157. The Labute approximate surface area is 222 Å². The summed E-state index contributed by atoms with van der Waals surface area (Å²) in [6.45, 7) is 17.1. The van der Waals surface area contributed by atoms with Gasteiger partial charge in [-0.05, 0) is 70.5 Å². The van der Waals surface area contributed by atoms with Crippen molar-refractivity contribution in [3.05, 3.63) is 11.8 Å². The topological polar surface area (TPSA) is 136 Å². The molecule has 0 amide bonds. The van der Waals surface area contributed by atoms with Crippen LogP contribution in [0.4, 0.5) is 0 Å². The zero-order chi connectivity index (χ0) is 28.7. The van der Waals surface area contributed by atoms with Crippen LogP contribution in [-0.4, -0.2) is 58.5 Å². The van der Waals surface area contributed by atoms with Crippen molar-refractivity contribution in [2.24, 2.45) is 22.2 Å². The van der Waals surface area contributed by atoms with Gasteiger partial charge in [0.2, 0.25) is 5.76 Å². The molecular weight excluding hydrogens is 496 g/mol. The van der Waals surface area contributed by atoms with Crippen molar-refractivity contribution >= 4 is 32.1 Å². The average Bonchev–Trinajstić information content (AvgIpc) is 2.78. The highest BCUT2D eigenvalue weighted by atomic mass is 28.4. The standard InChI is InChI=1S/C26H46N2O8Si/c1-24(2,3)35-21(30)16-26(23(27)28-36-19(22(31)33-8)15-20(29)32-7)13-11-18(12-14-26)17-34-37(9,10)25(4,5)6/h15,18H,11-14,16-17H2,1-10H3,(H2,27,28)/b19-15+. The van der Waals surface area contributed by atoms with Crippen LogP contribution in [0.1, 0.15) is 73.6 Å². The van der Waals surface area contributed by atoms with E-state index in [4.69, 9.17) is 19.7 Å². The fraction of sp³-hybridized carbons (Fsp3) is 0.769. The first-order valence-corrected chi connectivity index (χ1v) is 15.5. The van der Waals surface area contributed by atoms with Gasteiger partial charge in [0.1, 0.15) is 11.4 Å². The number of hydrogen-bond donors (Lipinski definition) is 1. The third-order valence-corrected chi connectivity index (χ3v) is 11.6. The zero-order valence-electron chi connectivity index (χ0n) is 24.2. The lowest BCUT2D eigenvalue weighted by Crippen LogP contribution is -2.45. The molecule has 0 atom stereocenters. The van der Waals surface area contributed by atoms with Crippen LogP contribution >= 0.6 is 0 Å². The number of nitrogens with two attached hydrogens (primary N) is 1. The Bertz CT molecular complexity index is 876. The van der Waals surface area contributed by atoms with Crippen molar-refractivity contribution in [3.8, 4) is 0 Å². The Balaban J connectivity index is 3.13. The third kappa shape index (κ3) is 10.1. The summed E-state index contributed by atoms with van der Waals surface area (Å²) in [5, 5.41) is 4.07. The lowest BCUT2D eigenvalue weighted by atomic mass is 9.68. The molecule has 0 aliphatic heterocycles. The lowest BCUT2D eigenvalue weighted by Gasteiger charge is -2.41. The molecule has 0 saturated heterocycles. The van der Waals surface area contributed by atoms with Crippen molar-refractivity contribution in [1.29, 1.82) is 0 Å². The first kappa shape index (κ1) is 32.6. The van der Waals surface area contributed by atoms with Crippen LogP contribution in [0.25, 0.3) is 0 Å². The van der Waals surface area contributed by atoms with Crippen LogP contribution in [0.3, 0.4) is 0 Å². The van der Waals surface area contributed by atoms with Crippen molar-refractivity contribution in [2.45, 2.75) is 97.4 Å². The van der Waals surface area contributed by atoms with Gasteiger partial charge >= 0.3 is 17.9 Å². The normalized spacial score (nSPS) is 21.7. The van der Waals surface area contributed by atoms with Gasteiger partial charge in [0.25, 0.3) is 0 Å². The summed E-state index contributed by atoms with van der Waals surface area (Å²) in [6, 6.07) is 0. The van der Waals surface area contributed by atoms with Gasteiger partial charge in [0.05, 0.1) is 26.7 Å². The highest BCUT2D eigenvalue weighted by molar-refractivity contribution is 6.74. The molecule has 10 nitrogen and oxygen atoms in total. The SMILES string of the molecule is COC(=O)/C=C(/O/N=C(\N)C1(CC(=O)OC(C)(C)C)CCC(CO[Si](C)(C)C(C)(C)C)CC1)C(=O)OC. The summed E-state index contributed by atoms with van der Waals surface area (Å²) in [5.74, 6) is -2.27. The largest absolute Gasteiger partial charge is 0.466 e. The second kappa shape index (κ2) is 12.9. The molecule has 1 fully saturated rings. The quantitative estimate of drug-likeness (QED) is 0.0621. The van der Waals surface area contributed by atoms with Gasteiger partial charge in [0, 0.05) is 12.0 Å². The predicted octanol–water partition coefficient (Wildman–Crippen LogP) is 4.44. The van der Waals surface area contributed by atoms with E-state index < -0.39 is 43.0 Å². The van der Waals surface area contributed by atoms with Crippen LogP contribution in [0.5, 0.6) is 0 Å². The second-order valence-electron chi connectivity index (χ2n) is 12.1. The zero-order valence-corrected chi connectivity index (χ0v) is 25.2. The van der Waals surface area contributed by atoms with Crippen LogP contribution in [0.2, 0.25) is 18.1 Å². The van der Waals surface area contributed by atoms with E-state index in [1.807, 2.05) is 0 Å². The van der Waals surface area contributed by atoms with Gasteiger partial charge < -0.3 is 29.2 Å². The van der Waals surface area contributed by atoms with Crippen LogP contribution in [0, 0.1) is 11.3 Å². The predicted molar refractivity (Wildman–Crippen MR) is 143 cm³/mol. The molecule has 0 radical (unpaired) electrons. The molecular formula is C26H46N2O8Si. The molecule has 1 aliphatic rings. The van der Waals surface area contributed by atoms with E-state index in [0.29, 0.717) is 25.4 Å². The summed E-state index contributed by atoms with van der Waals surface area (Å²) >= 11 is 0. The first-order valence-electron chi connectivity index (χ1n) is 12.6. The van der Waals surface area contributed by atoms with E-state index in [2.05, 4.69) is 48.5 Å². The number of carbonyl (C=O) groups excluding carboxylic acids is 3. The van der Waals surface area contributed by atoms with Crippen molar-refractivity contribution in [3.63, 3.8) is 0 Å². The molecule has 1 aliphatic carbocycles. The molecule has 0 bridgehead atoms. The van der Waals surface area contributed by atoms with Gasteiger partial charge in [-0.2, -0.15) is 0 Å². The molecule has 37 heavy (non-hydrogen) atoms. The van der Waals surface area contributed by atoms with Gasteiger partial charge in [-0.25, -0.2) is 9.59 Å². The number of amidine groups is 1. The van der Waals surface area contributed by atoms with E-state index in [1.54, 1.807) is 20.8 Å². The summed E-state index contributed by atoms with van der Waals surface area (Å²) in [4.78, 5) is 41.7. The number of esters is 3. The third-order valence-electron chi connectivity index (χ3n) is 7.07. The Morgan fingerprint density at radius 1 is 1.03 bits per heavy atom. The van der Waals surface area contributed by atoms with E-state index in [9.17, 15) is 14.4 Å². The number of ether oxygens (including phenoxy) is 3. The molecule has 0 heterocycles. The van der Waals surface area contributed by atoms with Crippen LogP contribution < -0.4 is 5.73 Å². The highest BCUT2D eigenvalue weighted by Crippen LogP contribution is 2.44. The summed E-state index contributed by atoms with van der Waals surface area (Å²) in [5.41, 5.74) is 4.90. The number of rotatable bonds is 10. The van der Waals surface area contributed by atoms with E-state index >= 15 is 0 Å². The molecule has 1 saturated carbocycles. The maximum Gasteiger partial charge on any atom is 0.377 e. The molecule has 1 rings (SSSR count). The maximum atomic E-state index is 12.8. The summed E-state index contributed by atoms with van der Waals surface area (Å²) in [6.07, 6.45) is 3.49. The summed E-state index contributed by atoms with van der Waals surface area (Å²) in [7, 11) is 0.415. The Hall–Kier alpha value is -2.40. The smallest absolute Gasteiger partial charge is 0.377 e. The molecule has 0 aromatic heterocycles. The first-order chi connectivity index (χ1) is 16.9. The molecule has 212 valence electrons. The minimum Gasteiger partial charge on any atom is -0.466 e. The fourth-order valence-electron chi connectivity index (χ4n) is 3.70. The van der Waals surface area contributed by atoms with Crippen LogP contribution in [-0.2, 0) is 37.9 Å². The molecule has 0 aromatic rings. The van der Waals surface area contributed by atoms with E-state index in [1.165, 1.54) is 0 Å². The van der Waals surface area contributed by atoms with Gasteiger partial charge in [-0.1, -0.05) is 25.9 Å².